The molecule has 2 heterocycles. The number of hydrogen-bond acceptors (Lipinski definition) is 4. The molecule has 0 aliphatic heterocycles. The van der Waals surface area contributed by atoms with Gasteiger partial charge in [-0.15, -0.1) is 5.10 Å². The average molecular weight is 344 g/mol. The van der Waals surface area contributed by atoms with Gasteiger partial charge in [0.15, 0.2) is 11.6 Å². The van der Waals surface area contributed by atoms with Crippen LogP contribution in [0.5, 0.6) is 11.5 Å². The van der Waals surface area contributed by atoms with Gasteiger partial charge in [-0.3, -0.25) is 4.79 Å². The molecule has 0 radical (unpaired) electrons. The lowest BCUT2D eigenvalue weighted by Crippen LogP contribution is -2.09. The molecule has 6 nitrogen and oxygen atoms in total. The van der Waals surface area contributed by atoms with E-state index < -0.39 is 5.91 Å². The van der Waals surface area contributed by atoms with E-state index in [2.05, 4.69) is 5.10 Å². The highest BCUT2D eigenvalue weighted by molar-refractivity contribution is 5.96. The minimum Gasteiger partial charge on any atom is -0.454 e. The lowest BCUT2D eigenvalue weighted by Gasteiger charge is -2.15. The van der Waals surface area contributed by atoms with E-state index in [0.29, 0.717) is 34.0 Å². The third-order valence-corrected chi connectivity index (χ3v) is 4.04. The number of fused-ring (bicyclic) bond motifs is 1. The summed E-state index contributed by atoms with van der Waals surface area (Å²) in [5, 5.41) is 4.36. The first-order chi connectivity index (χ1) is 12.6. The van der Waals surface area contributed by atoms with Crippen LogP contribution in [0.15, 0.2) is 72.9 Å². The number of benzene rings is 2. The van der Waals surface area contributed by atoms with E-state index >= 15 is 0 Å². The predicted molar refractivity (Wildman–Crippen MR) is 100 cm³/mol. The van der Waals surface area contributed by atoms with E-state index in [9.17, 15) is 4.79 Å². The van der Waals surface area contributed by atoms with Crippen molar-refractivity contribution in [3.63, 3.8) is 0 Å². The zero-order valence-corrected chi connectivity index (χ0v) is 13.8. The van der Waals surface area contributed by atoms with Crippen LogP contribution < -0.4 is 16.2 Å². The van der Waals surface area contributed by atoms with E-state index in [1.54, 1.807) is 12.3 Å². The van der Waals surface area contributed by atoms with Crippen molar-refractivity contribution in [2.45, 2.75) is 0 Å². The number of hydrogen-bond donors (Lipinski definition) is 2. The Hall–Kier alpha value is -3.80. The largest absolute Gasteiger partial charge is 0.454 e. The second-order valence-electron chi connectivity index (χ2n) is 5.79. The number of ether oxygens (including phenoxy) is 1. The van der Waals surface area contributed by atoms with Gasteiger partial charge in [-0.05, 0) is 23.8 Å². The molecule has 2 aromatic carbocycles. The van der Waals surface area contributed by atoms with Gasteiger partial charge in [0.2, 0.25) is 5.91 Å². The van der Waals surface area contributed by atoms with Gasteiger partial charge in [0.1, 0.15) is 11.3 Å². The molecule has 0 unspecified atom stereocenters. The number of carbonyl (C=O) groups excluding carboxylic acids is 1. The SMILES string of the molecule is NC(=O)c1cc2c(Oc3ccccc3)c(-c3ccccc3)c(N)nn2c1. The van der Waals surface area contributed by atoms with Gasteiger partial charge in [0, 0.05) is 6.20 Å². The van der Waals surface area contributed by atoms with Crippen molar-refractivity contribution >= 4 is 17.2 Å². The Morgan fingerprint density at radius 1 is 1.00 bits per heavy atom. The summed E-state index contributed by atoms with van der Waals surface area (Å²) in [4.78, 5) is 11.6. The van der Waals surface area contributed by atoms with Gasteiger partial charge in [0.05, 0.1) is 11.1 Å². The van der Waals surface area contributed by atoms with Gasteiger partial charge in [0.25, 0.3) is 0 Å². The highest BCUT2D eigenvalue weighted by Gasteiger charge is 2.19. The van der Waals surface area contributed by atoms with Crippen LogP contribution in [-0.4, -0.2) is 15.5 Å². The number of anilines is 1. The van der Waals surface area contributed by atoms with Crippen molar-refractivity contribution in [3.05, 3.63) is 78.5 Å². The van der Waals surface area contributed by atoms with Crippen LogP contribution in [0.4, 0.5) is 5.82 Å². The van der Waals surface area contributed by atoms with E-state index in [1.165, 1.54) is 4.52 Å². The van der Waals surface area contributed by atoms with Crippen LogP contribution in [0, 0.1) is 0 Å². The Morgan fingerprint density at radius 3 is 2.31 bits per heavy atom. The fourth-order valence-corrected chi connectivity index (χ4v) is 2.84. The second kappa shape index (κ2) is 6.25. The van der Waals surface area contributed by atoms with Crippen molar-refractivity contribution in [1.82, 2.24) is 9.61 Å². The predicted octanol–water partition coefficient (Wildman–Crippen LogP) is 3.47. The summed E-state index contributed by atoms with van der Waals surface area (Å²) in [6.07, 6.45) is 1.54. The molecule has 128 valence electrons. The maximum absolute atomic E-state index is 11.6. The minimum absolute atomic E-state index is 0.293. The van der Waals surface area contributed by atoms with Crippen molar-refractivity contribution in [3.8, 4) is 22.6 Å². The molecule has 4 aromatic rings. The molecule has 4 rings (SSSR count). The number of nitrogens with zero attached hydrogens (tertiary/aromatic N) is 2. The van der Waals surface area contributed by atoms with Crippen LogP contribution in [0.2, 0.25) is 0 Å². The maximum atomic E-state index is 11.6. The second-order valence-corrected chi connectivity index (χ2v) is 5.79. The fourth-order valence-electron chi connectivity index (χ4n) is 2.84. The smallest absolute Gasteiger partial charge is 0.250 e. The normalized spacial score (nSPS) is 10.8. The summed E-state index contributed by atoms with van der Waals surface area (Å²) in [6.45, 7) is 0. The van der Waals surface area contributed by atoms with Crippen molar-refractivity contribution in [2.75, 3.05) is 5.73 Å². The number of carbonyl (C=O) groups is 1. The Labute approximate surface area is 149 Å². The number of primary amides is 1. The molecule has 26 heavy (non-hydrogen) atoms. The molecule has 0 spiro atoms. The molecule has 4 N–H and O–H groups in total. The highest BCUT2D eigenvalue weighted by Crippen LogP contribution is 2.40. The standard InChI is InChI=1S/C20H16N4O2/c21-19-17(13-7-3-1-4-8-13)18(26-15-9-5-2-6-10-15)16-11-14(20(22)25)12-24(16)23-19/h1-12H,(H2,21,23)(H2,22,25). The number of amides is 1. The number of nitrogens with two attached hydrogens (primary N) is 2. The van der Waals surface area contributed by atoms with Crippen LogP contribution in [0.1, 0.15) is 10.4 Å². The molecule has 6 heteroatoms. The monoisotopic (exact) mass is 344 g/mol. The minimum atomic E-state index is -0.541. The van der Waals surface area contributed by atoms with E-state index in [4.69, 9.17) is 16.2 Å². The van der Waals surface area contributed by atoms with E-state index in [0.717, 1.165) is 5.56 Å². The Balaban J connectivity index is 2.00. The molecule has 0 atom stereocenters. The molecule has 0 fully saturated rings. The Bertz CT molecular complexity index is 1090. The molecule has 0 saturated heterocycles. The van der Waals surface area contributed by atoms with Gasteiger partial charge in [-0.1, -0.05) is 48.5 Å². The zero-order valence-electron chi connectivity index (χ0n) is 13.8. The molecule has 1 amide bonds. The maximum Gasteiger partial charge on any atom is 0.250 e. The molecule has 2 aromatic heterocycles. The summed E-state index contributed by atoms with van der Waals surface area (Å²) in [7, 11) is 0. The zero-order chi connectivity index (χ0) is 18.1. The number of rotatable bonds is 4. The first-order valence-corrected chi connectivity index (χ1v) is 8.03. The number of aromatic nitrogens is 2. The quantitative estimate of drug-likeness (QED) is 0.592. The molecule has 0 saturated carbocycles. The highest BCUT2D eigenvalue weighted by atomic mass is 16.5. The summed E-state index contributed by atoms with van der Waals surface area (Å²) in [6, 6.07) is 20.6. The topological polar surface area (TPSA) is 95.6 Å². The van der Waals surface area contributed by atoms with E-state index in [1.807, 2.05) is 60.7 Å². The molecular formula is C20H16N4O2. The van der Waals surface area contributed by atoms with Crippen LogP contribution in [0.3, 0.4) is 0 Å². The third kappa shape index (κ3) is 2.73. The van der Waals surface area contributed by atoms with E-state index in [-0.39, 0.29) is 0 Å². The first kappa shape index (κ1) is 15.7. The van der Waals surface area contributed by atoms with Crippen LogP contribution in [-0.2, 0) is 0 Å². The number of nitrogen functional groups attached to an aromatic ring is 1. The van der Waals surface area contributed by atoms with Gasteiger partial charge < -0.3 is 16.2 Å². The van der Waals surface area contributed by atoms with Crippen molar-refractivity contribution in [2.24, 2.45) is 5.73 Å². The lowest BCUT2D eigenvalue weighted by atomic mass is 10.1. The molecule has 0 aliphatic rings. The van der Waals surface area contributed by atoms with Gasteiger partial charge in [-0.2, -0.15) is 0 Å². The van der Waals surface area contributed by atoms with Crippen molar-refractivity contribution in [1.29, 1.82) is 0 Å². The first-order valence-electron chi connectivity index (χ1n) is 8.03. The molecule has 0 aliphatic carbocycles. The van der Waals surface area contributed by atoms with Crippen molar-refractivity contribution < 1.29 is 9.53 Å². The summed E-state index contributed by atoms with van der Waals surface area (Å²) in [5.74, 6) is 0.920. The molecule has 0 bridgehead atoms. The van der Waals surface area contributed by atoms with Gasteiger partial charge >= 0.3 is 0 Å². The van der Waals surface area contributed by atoms with Crippen LogP contribution in [0.25, 0.3) is 16.6 Å². The molecular weight excluding hydrogens is 328 g/mol. The Morgan fingerprint density at radius 2 is 1.65 bits per heavy atom. The third-order valence-electron chi connectivity index (χ3n) is 4.04. The number of para-hydroxylation sites is 1. The summed E-state index contributed by atoms with van der Waals surface area (Å²) < 4.78 is 7.67. The Kier molecular flexibility index (Phi) is 3.78. The lowest BCUT2D eigenvalue weighted by molar-refractivity contribution is 0.100. The van der Waals surface area contributed by atoms with Crippen LogP contribution >= 0.6 is 0 Å². The average Bonchev–Trinajstić information content (AvgIpc) is 3.07. The summed E-state index contributed by atoms with van der Waals surface area (Å²) >= 11 is 0. The summed E-state index contributed by atoms with van der Waals surface area (Å²) in [5.41, 5.74) is 14.1. The van der Waals surface area contributed by atoms with Gasteiger partial charge in [-0.25, -0.2) is 4.52 Å². The fraction of sp³-hybridized carbons (Fsp3) is 0.